The number of carbonyl (C=O) groups excluding carboxylic acids is 1. The van der Waals surface area contributed by atoms with E-state index >= 15 is 0 Å². The van der Waals surface area contributed by atoms with Gasteiger partial charge in [0.25, 0.3) is 0 Å². The number of phenols is 1. The van der Waals surface area contributed by atoms with E-state index in [1.807, 2.05) is 6.07 Å². The minimum absolute atomic E-state index is 0.0943. The molecule has 0 atom stereocenters. The van der Waals surface area contributed by atoms with Crippen molar-refractivity contribution in [2.24, 2.45) is 0 Å². The zero-order chi connectivity index (χ0) is 13.8. The second kappa shape index (κ2) is 5.91. The van der Waals surface area contributed by atoms with Gasteiger partial charge in [-0.25, -0.2) is 0 Å². The summed E-state index contributed by atoms with van der Waals surface area (Å²) in [7, 11) is 0. The molecule has 2 aromatic rings. The number of benzene rings is 2. The van der Waals surface area contributed by atoms with Crippen molar-refractivity contribution >= 4 is 35.1 Å². The minimum Gasteiger partial charge on any atom is -0.506 e. The van der Waals surface area contributed by atoms with Crippen molar-refractivity contribution in [2.75, 3.05) is 0 Å². The van der Waals surface area contributed by atoms with Gasteiger partial charge in [0.05, 0.1) is 5.02 Å². The molecule has 0 radical (unpaired) electrons. The first-order valence-corrected chi connectivity index (χ1v) is 6.29. The fourth-order valence-electron chi connectivity index (χ4n) is 1.58. The summed E-state index contributed by atoms with van der Waals surface area (Å²) in [5.74, 6) is -0.251. The van der Waals surface area contributed by atoms with Crippen LogP contribution < -0.4 is 0 Å². The normalized spacial score (nSPS) is 10.8. The average Bonchev–Trinajstić information content (AvgIpc) is 2.41. The van der Waals surface area contributed by atoms with Gasteiger partial charge in [-0.15, -0.1) is 0 Å². The number of carbonyl (C=O) groups is 1. The van der Waals surface area contributed by atoms with Crippen LogP contribution in [-0.4, -0.2) is 10.9 Å². The van der Waals surface area contributed by atoms with Crippen LogP contribution in [0.3, 0.4) is 0 Å². The molecule has 2 nitrogen and oxygen atoms in total. The van der Waals surface area contributed by atoms with Gasteiger partial charge in [0.2, 0.25) is 0 Å². The van der Waals surface area contributed by atoms with Gasteiger partial charge in [0, 0.05) is 16.1 Å². The number of rotatable bonds is 3. The van der Waals surface area contributed by atoms with Crippen LogP contribution in [0, 0.1) is 0 Å². The lowest BCUT2D eigenvalue weighted by atomic mass is 10.1. The quantitative estimate of drug-likeness (QED) is 0.663. The van der Waals surface area contributed by atoms with Gasteiger partial charge in [-0.3, -0.25) is 4.79 Å². The molecule has 0 aromatic heterocycles. The van der Waals surface area contributed by atoms with Gasteiger partial charge in [0.15, 0.2) is 5.78 Å². The van der Waals surface area contributed by atoms with Crippen molar-refractivity contribution in [3.8, 4) is 5.75 Å². The second-order valence-electron chi connectivity index (χ2n) is 3.89. The van der Waals surface area contributed by atoms with E-state index in [2.05, 4.69) is 0 Å². The maximum atomic E-state index is 11.9. The highest BCUT2D eigenvalue weighted by Crippen LogP contribution is 2.31. The lowest BCUT2D eigenvalue weighted by Gasteiger charge is -2.02. The number of hydrogen-bond acceptors (Lipinski definition) is 2. The molecule has 2 aromatic carbocycles. The number of hydrogen-bond donors (Lipinski definition) is 1. The smallest absolute Gasteiger partial charge is 0.185 e. The third kappa shape index (κ3) is 3.37. The third-order valence-electron chi connectivity index (χ3n) is 2.53. The fourth-order valence-corrected chi connectivity index (χ4v) is 2.09. The molecule has 0 amide bonds. The molecule has 1 N–H and O–H groups in total. The Labute approximate surface area is 120 Å². The molecule has 4 heteroatoms. The minimum atomic E-state index is -0.156. The largest absolute Gasteiger partial charge is 0.506 e. The van der Waals surface area contributed by atoms with Crippen molar-refractivity contribution in [2.45, 2.75) is 0 Å². The monoisotopic (exact) mass is 292 g/mol. The van der Waals surface area contributed by atoms with Crippen LogP contribution in [0.4, 0.5) is 0 Å². The lowest BCUT2D eigenvalue weighted by Crippen LogP contribution is -1.92. The first-order chi connectivity index (χ1) is 9.08. The van der Waals surface area contributed by atoms with E-state index in [1.54, 1.807) is 24.3 Å². The van der Waals surface area contributed by atoms with Crippen molar-refractivity contribution in [3.05, 3.63) is 69.7 Å². The summed E-state index contributed by atoms with van der Waals surface area (Å²) in [5, 5.41) is 10.3. The molecule has 0 aliphatic rings. The maximum absolute atomic E-state index is 11.9. The molecule has 0 bridgehead atoms. The number of phenolic OH excluding ortho intramolecular Hbond substituents is 1. The Morgan fingerprint density at radius 2 is 1.79 bits per heavy atom. The number of aromatic hydroxyl groups is 1. The molecule has 0 aliphatic carbocycles. The van der Waals surface area contributed by atoms with Crippen LogP contribution in [0.1, 0.15) is 15.9 Å². The second-order valence-corrected chi connectivity index (χ2v) is 4.73. The Balaban J connectivity index is 2.27. The van der Waals surface area contributed by atoms with Crippen LogP contribution in [0.2, 0.25) is 10.0 Å². The van der Waals surface area contributed by atoms with E-state index in [-0.39, 0.29) is 16.6 Å². The first kappa shape index (κ1) is 13.7. The van der Waals surface area contributed by atoms with E-state index in [1.165, 1.54) is 24.3 Å². The predicted octanol–water partition coefficient (Wildman–Crippen LogP) is 4.60. The van der Waals surface area contributed by atoms with E-state index in [0.29, 0.717) is 16.1 Å². The Bertz CT molecular complexity index is 634. The zero-order valence-corrected chi connectivity index (χ0v) is 11.3. The van der Waals surface area contributed by atoms with Crippen molar-refractivity contribution in [3.63, 3.8) is 0 Å². The van der Waals surface area contributed by atoms with E-state index < -0.39 is 0 Å². The summed E-state index contributed by atoms with van der Waals surface area (Å²) >= 11 is 11.6. The highest BCUT2D eigenvalue weighted by molar-refractivity contribution is 6.35. The van der Waals surface area contributed by atoms with Crippen LogP contribution in [0.15, 0.2) is 48.5 Å². The Hall–Kier alpha value is -1.77. The molecule has 96 valence electrons. The van der Waals surface area contributed by atoms with Crippen molar-refractivity contribution in [1.29, 1.82) is 0 Å². The molecule has 0 saturated carbocycles. The molecule has 2 rings (SSSR count). The van der Waals surface area contributed by atoms with Crippen LogP contribution >= 0.6 is 23.2 Å². The lowest BCUT2D eigenvalue weighted by molar-refractivity contribution is 0.104. The molecule has 0 aliphatic heterocycles. The molecule has 19 heavy (non-hydrogen) atoms. The summed E-state index contributed by atoms with van der Waals surface area (Å²) in [5.41, 5.74) is 0.980. The Morgan fingerprint density at radius 3 is 2.47 bits per heavy atom. The summed E-state index contributed by atoms with van der Waals surface area (Å²) in [6.07, 6.45) is 2.86. The SMILES string of the molecule is O=C(C=Cc1cc(Cl)cc(Cl)c1O)c1ccccc1. The summed E-state index contributed by atoms with van der Waals surface area (Å²) in [6.45, 7) is 0. The van der Waals surface area contributed by atoms with Crippen molar-refractivity contribution < 1.29 is 9.90 Å². The Kier molecular flexibility index (Phi) is 4.25. The molecule has 0 spiro atoms. The van der Waals surface area contributed by atoms with Crippen molar-refractivity contribution in [1.82, 2.24) is 0 Å². The van der Waals surface area contributed by atoms with Gasteiger partial charge in [0.1, 0.15) is 5.75 Å². The molecule has 0 saturated heterocycles. The first-order valence-electron chi connectivity index (χ1n) is 5.53. The predicted molar refractivity (Wildman–Crippen MR) is 77.9 cm³/mol. The molecule has 0 unspecified atom stereocenters. The van der Waals surface area contributed by atoms with Gasteiger partial charge < -0.3 is 5.11 Å². The number of halogens is 2. The van der Waals surface area contributed by atoms with Crippen LogP contribution in [-0.2, 0) is 0 Å². The number of ketones is 1. The van der Waals surface area contributed by atoms with Crippen LogP contribution in [0.5, 0.6) is 5.75 Å². The highest BCUT2D eigenvalue weighted by Gasteiger charge is 2.06. The maximum Gasteiger partial charge on any atom is 0.185 e. The fraction of sp³-hybridized carbons (Fsp3) is 0. The van der Waals surface area contributed by atoms with Gasteiger partial charge in [-0.05, 0) is 24.3 Å². The zero-order valence-electron chi connectivity index (χ0n) is 9.81. The topological polar surface area (TPSA) is 37.3 Å². The summed E-state index contributed by atoms with van der Waals surface area (Å²) in [6, 6.07) is 11.8. The molecular formula is C15H10Cl2O2. The molecule has 0 heterocycles. The standard InChI is InChI=1S/C15H10Cl2O2/c16-12-8-11(15(19)13(17)9-12)6-7-14(18)10-4-2-1-3-5-10/h1-9,19H. The van der Waals surface area contributed by atoms with Crippen LogP contribution in [0.25, 0.3) is 6.08 Å². The Morgan fingerprint density at radius 1 is 1.11 bits per heavy atom. The van der Waals surface area contributed by atoms with Gasteiger partial charge in [-0.1, -0.05) is 53.5 Å². The summed E-state index contributed by atoms with van der Waals surface area (Å²) < 4.78 is 0. The highest BCUT2D eigenvalue weighted by atomic mass is 35.5. The van der Waals surface area contributed by atoms with E-state index in [4.69, 9.17) is 23.2 Å². The molecule has 0 fully saturated rings. The average molecular weight is 293 g/mol. The van der Waals surface area contributed by atoms with Gasteiger partial charge in [-0.2, -0.15) is 0 Å². The van der Waals surface area contributed by atoms with Gasteiger partial charge >= 0.3 is 0 Å². The van der Waals surface area contributed by atoms with E-state index in [0.717, 1.165) is 0 Å². The summed E-state index contributed by atoms with van der Waals surface area (Å²) in [4.78, 5) is 11.9. The molecular weight excluding hydrogens is 283 g/mol. The number of allylic oxidation sites excluding steroid dienone is 1. The van der Waals surface area contributed by atoms with E-state index in [9.17, 15) is 9.90 Å². The third-order valence-corrected chi connectivity index (χ3v) is 3.04.